The highest BCUT2D eigenvalue weighted by atomic mass is 16.3. The summed E-state index contributed by atoms with van der Waals surface area (Å²) in [7, 11) is 2.02. The summed E-state index contributed by atoms with van der Waals surface area (Å²) in [5.74, 6) is 0.892. The van der Waals surface area contributed by atoms with Crippen molar-refractivity contribution in [2.75, 3.05) is 0 Å². The SMILES string of the molecule is Cc1ccc2c(c1)oc1c(-c3nc4ccncc4n3C)ccc(C)c12. The van der Waals surface area contributed by atoms with Gasteiger partial charge in [0.25, 0.3) is 0 Å². The number of benzene rings is 2. The summed E-state index contributed by atoms with van der Waals surface area (Å²) in [6.07, 6.45) is 3.62. The summed E-state index contributed by atoms with van der Waals surface area (Å²) >= 11 is 0. The zero-order chi connectivity index (χ0) is 17.1. The molecular weight excluding hydrogens is 310 g/mol. The van der Waals surface area contributed by atoms with Crippen LogP contribution in [-0.2, 0) is 7.05 Å². The average molecular weight is 327 g/mol. The molecule has 0 amide bonds. The molecule has 0 saturated heterocycles. The Morgan fingerprint density at radius 2 is 1.92 bits per heavy atom. The summed E-state index contributed by atoms with van der Waals surface area (Å²) in [5.41, 5.74) is 7.18. The van der Waals surface area contributed by atoms with Crippen LogP contribution in [-0.4, -0.2) is 14.5 Å². The van der Waals surface area contributed by atoms with Gasteiger partial charge >= 0.3 is 0 Å². The first kappa shape index (κ1) is 14.2. The molecule has 0 bridgehead atoms. The van der Waals surface area contributed by atoms with Gasteiger partial charge in [0, 0.05) is 24.0 Å². The third-order valence-corrected chi connectivity index (χ3v) is 4.91. The van der Waals surface area contributed by atoms with Crippen LogP contribution in [0, 0.1) is 13.8 Å². The number of pyridine rings is 1. The normalized spacial score (nSPS) is 11.8. The first-order chi connectivity index (χ1) is 12.1. The predicted molar refractivity (Wildman–Crippen MR) is 101 cm³/mol. The van der Waals surface area contributed by atoms with Gasteiger partial charge in [0.05, 0.1) is 22.8 Å². The van der Waals surface area contributed by atoms with Crippen molar-refractivity contribution in [3.8, 4) is 11.4 Å². The van der Waals surface area contributed by atoms with Gasteiger partial charge in [-0.05, 0) is 43.2 Å². The first-order valence-electron chi connectivity index (χ1n) is 8.33. The van der Waals surface area contributed by atoms with E-state index in [1.807, 2.05) is 19.3 Å². The van der Waals surface area contributed by atoms with E-state index in [1.165, 1.54) is 11.1 Å². The van der Waals surface area contributed by atoms with Crippen molar-refractivity contribution in [3.05, 3.63) is 59.9 Å². The molecule has 0 aliphatic carbocycles. The van der Waals surface area contributed by atoms with E-state index < -0.39 is 0 Å². The molecule has 0 spiro atoms. The zero-order valence-electron chi connectivity index (χ0n) is 14.4. The average Bonchev–Trinajstić information content (AvgIpc) is 3.14. The number of hydrogen-bond acceptors (Lipinski definition) is 3. The van der Waals surface area contributed by atoms with Gasteiger partial charge < -0.3 is 8.98 Å². The minimum absolute atomic E-state index is 0.892. The minimum Gasteiger partial charge on any atom is -0.455 e. The number of fused-ring (bicyclic) bond motifs is 4. The van der Waals surface area contributed by atoms with Crippen molar-refractivity contribution in [3.63, 3.8) is 0 Å². The number of hydrogen-bond donors (Lipinski definition) is 0. The number of aromatic nitrogens is 3. The second kappa shape index (κ2) is 4.93. The third kappa shape index (κ3) is 1.94. The lowest BCUT2D eigenvalue weighted by Gasteiger charge is -2.05. The molecular formula is C21H17N3O. The van der Waals surface area contributed by atoms with E-state index in [0.29, 0.717) is 0 Å². The summed E-state index contributed by atoms with van der Waals surface area (Å²) in [6.45, 7) is 4.21. The summed E-state index contributed by atoms with van der Waals surface area (Å²) in [6, 6.07) is 12.5. The monoisotopic (exact) mass is 327 g/mol. The fourth-order valence-electron chi connectivity index (χ4n) is 3.60. The van der Waals surface area contributed by atoms with Crippen LogP contribution in [0.2, 0.25) is 0 Å². The van der Waals surface area contributed by atoms with Crippen molar-refractivity contribution in [2.45, 2.75) is 13.8 Å². The van der Waals surface area contributed by atoms with E-state index in [0.717, 1.165) is 44.4 Å². The van der Waals surface area contributed by atoms with E-state index in [9.17, 15) is 0 Å². The Hall–Kier alpha value is -3.14. The summed E-state index contributed by atoms with van der Waals surface area (Å²) < 4.78 is 8.36. The van der Waals surface area contributed by atoms with E-state index in [-0.39, 0.29) is 0 Å². The van der Waals surface area contributed by atoms with Crippen LogP contribution >= 0.6 is 0 Å². The molecule has 3 heterocycles. The van der Waals surface area contributed by atoms with Gasteiger partial charge in [-0.1, -0.05) is 18.2 Å². The summed E-state index contributed by atoms with van der Waals surface area (Å²) in [4.78, 5) is 9.03. The molecule has 0 aliphatic heterocycles. The molecule has 4 heteroatoms. The fraction of sp³-hybridized carbons (Fsp3) is 0.143. The molecule has 0 N–H and O–H groups in total. The van der Waals surface area contributed by atoms with Crippen LogP contribution in [0.1, 0.15) is 11.1 Å². The fourth-order valence-corrected chi connectivity index (χ4v) is 3.60. The van der Waals surface area contributed by atoms with Crippen molar-refractivity contribution in [1.82, 2.24) is 14.5 Å². The Balaban J connectivity index is 1.91. The Morgan fingerprint density at radius 1 is 1.04 bits per heavy atom. The van der Waals surface area contributed by atoms with Gasteiger partial charge in [0.15, 0.2) is 0 Å². The largest absolute Gasteiger partial charge is 0.455 e. The van der Waals surface area contributed by atoms with E-state index >= 15 is 0 Å². The van der Waals surface area contributed by atoms with Crippen molar-refractivity contribution >= 4 is 33.0 Å². The second-order valence-corrected chi connectivity index (χ2v) is 6.59. The van der Waals surface area contributed by atoms with E-state index in [1.54, 1.807) is 6.20 Å². The molecule has 0 unspecified atom stereocenters. The number of rotatable bonds is 1. The highest BCUT2D eigenvalue weighted by molar-refractivity contribution is 6.11. The van der Waals surface area contributed by atoms with Crippen molar-refractivity contribution < 1.29 is 4.42 Å². The molecule has 0 aliphatic rings. The minimum atomic E-state index is 0.892. The van der Waals surface area contributed by atoms with Gasteiger partial charge in [-0.3, -0.25) is 4.98 Å². The predicted octanol–water partition coefficient (Wildman–Crippen LogP) is 5.15. The Bertz CT molecular complexity index is 1280. The van der Waals surface area contributed by atoms with Gasteiger partial charge in [-0.25, -0.2) is 4.98 Å². The highest BCUT2D eigenvalue weighted by Gasteiger charge is 2.18. The molecule has 3 aromatic heterocycles. The first-order valence-corrected chi connectivity index (χ1v) is 8.33. The van der Waals surface area contributed by atoms with Crippen LogP contribution in [0.3, 0.4) is 0 Å². The second-order valence-electron chi connectivity index (χ2n) is 6.59. The lowest BCUT2D eigenvalue weighted by Crippen LogP contribution is -1.93. The maximum Gasteiger partial charge on any atom is 0.146 e. The molecule has 0 saturated carbocycles. The number of nitrogens with zero attached hydrogens (tertiary/aromatic N) is 3. The Labute approximate surface area is 144 Å². The smallest absolute Gasteiger partial charge is 0.146 e. The zero-order valence-corrected chi connectivity index (χ0v) is 14.4. The quantitative estimate of drug-likeness (QED) is 0.427. The number of imidazole rings is 1. The molecule has 0 radical (unpaired) electrons. The van der Waals surface area contributed by atoms with Crippen LogP contribution in [0.5, 0.6) is 0 Å². The molecule has 0 atom stereocenters. The molecule has 25 heavy (non-hydrogen) atoms. The van der Waals surface area contributed by atoms with Gasteiger partial charge in [0.1, 0.15) is 17.0 Å². The van der Waals surface area contributed by atoms with Gasteiger partial charge in [0.2, 0.25) is 0 Å². The van der Waals surface area contributed by atoms with Crippen LogP contribution < -0.4 is 0 Å². The maximum absolute atomic E-state index is 6.28. The van der Waals surface area contributed by atoms with Gasteiger partial charge in [-0.2, -0.15) is 0 Å². The molecule has 5 rings (SSSR count). The molecule has 122 valence electrons. The molecule has 4 nitrogen and oxygen atoms in total. The maximum atomic E-state index is 6.28. The van der Waals surface area contributed by atoms with Crippen molar-refractivity contribution in [1.29, 1.82) is 0 Å². The van der Waals surface area contributed by atoms with Crippen LogP contribution in [0.15, 0.2) is 53.2 Å². The number of aryl methyl sites for hydroxylation is 3. The molecule has 5 aromatic rings. The van der Waals surface area contributed by atoms with E-state index in [2.05, 4.69) is 53.7 Å². The molecule has 2 aromatic carbocycles. The standard InChI is InChI=1S/C21H17N3O/c1-12-4-6-14-18(10-12)25-20-15(7-5-13(2)19(14)20)21-23-16-8-9-22-11-17(16)24(21)3/h4-11H,1-3H3. The summed E-state index contributed by atoms with van der Waals surface area (Å²) in [5, 5.41) is 2.32. The molecule has 0 fully saturated rings. The third-order valence-electron chi connectivity index (χ3n) is 4.91. The number of furan rings is 1. The van der Waals surface area contributed by atoms with Crippen LogP contribution in [0.4, 0.5) is 0 Å². The topological polar surface area (TPSA) is 43.9 Å². The Kier molecular flexibility index (Phi) is 2.80. The van der Waals surface area contributed by atoms with E-state index in [4.69, 9.17) is 9.40 Å². The van der Waals surface area contributed by atoms with Crippen molar-refractivity contribution in [2.24, 2.45) is 7.05 Å². The van der Waals surface area contributed by atoms with Gasteiger partial charge in [-0.15, -0.1) is 0 Å². The highest BCUT2D eigenvalue weighted by Crippen LogP contribution is 2.38. The van der Waals surface area contributed by atoms with Crippen LogP contribution in [0.25, 0.3) is 44.4 Å². The lowest BCUT2D eigenvalue weighted by molar-refractivity contribution is 0.668. The Morgan fingerprint density at radius 3 is 2.76 bits per heavy atom. The lowest BCUT2D eigenvalue weighted by atomic mass is 10.0.